The molecule has 0 atom stereocenters. The van der Waals surface area contributed by atoms with Gasteiger partial charge in [0.25, 0.3) is 0 Å². The summed E-state index contributed by atoms with van der Waals surface area (Å²) in [5.41, 5.74) is 5.14. The highest BCUT2D eigenvalue weighted by Gasteiger charge is 2.09. The number of ether oxygens (including phenoxy) is 1. The third-order valence-electron chi connectivity index (χ3n) is 5.01. The van der Waals surface area contributed by atoms with Gasteiger partial charge in [0.15, 0.2) is 0 Å². The van der Waals surface area contributed by atoms with E-state index in [0.717, 1.165) is 28.2 Å². The van der Waals surface area contributed by atoms with Crippen molar-refractivity contribution in [3.8, 4) is 5.75 Å². The second-order valence-corrected chi connectivity index (χ2v) is 7.39. The van der Waals surface area contributed by atoms with Crippen LogP contribution in [0.2, 0.25) is 0 Å². The van der Waals surface area contributed by atoms with Gasteiger partial charge in [-0.3, -0.25) is 4.79 Å². The van der Waals surface area contributed by atoms with E-state index in [1.165, 1.54) is 0 Å². The number of carbonyl (C=O) groups is 1. The van der Waals surface area contributed by atoms with Gasteiger partial charge in [-0.15, -0.1) is 0 Å². The second-order valence-electron chi connectivity index (χ2n) is 7.39. The van der Waals surface area contributed by atoms with Crippen LogP contribution < -0.4 is 10.1 Å². The Kier molecular flexibility index (Phi) is 4.84. The van der Waals surface area contributed by atoms with Crippen molar-refractivity contribution in [3.05, 3.63) is 96.3 Å². The molecule has 0 unspecified atom stereocenters. The number of nitrogens with zero attached hydrogens (tertiary/aromatic N) is 4. The first-order valence-corrected chi connectivity index (χ1v) is 10.0. The molecule has 5 rings (SSSR count). The molecule has 1 amide bonds. The van der Waals surface area contributed by atoms with E-state index in [4.69, 9.17) is 4.74 Å². The maximum absolute atomic E-state index is 12.4. The summed E-state index contributed by atoms with van der Waals surface area (Å²) in [6.45, 7) is 2.38. The van der Waals surface area contributed by atoms with E-state index >= 15 is 0 Å². The Morgan fingerprint density at radius 3 is 2.55 bits per heavy atom. The van der Waals surface area contributed by atoms with Gasteiger partial charge in [-0.25, -0.2) is 9.97 Å². The lowest BCUT2D eigenvalue weighted by molar-refractivity contribution is -0.115. The molecule has 0 saturated heterocycles. The molecule has 0 fully saturated rings. The minimum absolute atomic E-state index is 0.112. The van der Waals surface area contributed by atoms with Crippen molar-refractivity contribution in [1.82, 2.24) is 18.8 Å². The fourth-order valence-electron chi connectivity index (χ4n) is 3.51. The van der Waals surface area contributed by atoms with E-state index in [1.807, 2.05) is 95.1 Å². The average molecular weight is 411 g/mol. The number of benzene rings is 1. The number of nitrogens with one attached hydrogen (secondary N) is 1. The standard InChI is InChI=1S/C24H21N5O2/c1-17-5-4-12-29-14-19(27-24(17)29)13-23(30)26-18-7-9-21(10-8-18)31-16-20-15-28-11-3-2-6-22(28)25-20/h2-12,14-15H,13,16H2,1H3,(H,26,30). The third kappa shape index (κ3) is 4.11. The zero-order valence-corrected chi connectivity index (χ0v) is 17.0. The number of aromatic nitrogens is 4. The van der Waals surface area contributed by atoms with E-state index in [-0.39, 0.29) is 12.3 Å². The minimum Gasteiger partial charge on any atom is -0.487 e. The monoisotopic (exact) mass is 411 g/mol. The number of rotatable bonds is 6. The smallest absolute Gasteiger partial charge is 0.230 e. The highest BCUT2D eigenvalue weighted by molar-refractivity contribution is 5.92. The van der Waals surface area contributed by atoms with Crippen molar-refractivity contribution in [2.75, 3.05) is 5.32 Å². The van der Waals surface area contributed by atoms with Gasteiger partial charge < -0.3 is 18.9 Å². The molecule has 0 saturated carbocycles. The summed E-state index contributed by atoms with van der Waals surface area (Å²) in [6.07, 6.45) is 7.94. The summed E-state index contributed by atoms with van der Waals surface area (Å²) in [7, 11) is 0. The van der Waals surface area contributed by atoms with E-state index in [9.17, 15) is 4.79 Å². The van der Waals surface area contributed by atoms with Crippen LogP contribution in [0.25, 0.3) is 11.3 Å². The first-order chi connectivity index (χ1) is 15.1. The molecule has 0 aliphatic carbocycles. The Labute approximate surface area is 179 Å². The van der Waals surface area contributed by atoms with Crippen LogP contribution in [0, 0.1) is 6.92 Å². The lowest BCUT2D eigenvalue weighted by Gasteiger charge is -2.07. The number of aryl methyl sites for hydroxylation is 1. The van der Waals surface area contributed by atoms with E-state index < -0.39 is 0 Å². The molecule has 0 aliphatic heterocycles. The summed E-state index contributed by atoms with van der Waals surface area (Å²) >= 11 is 0. The number of hydrogen-bond acceptors (Lipinski definition) is 4. The van der Waals surface area contributed by atoms with E-state index in [1.54, 1.807) is 0 Å². The molecule has 0 radical (unpaired) electrons. The zero-order chi connectivity index (χ0) is 21.2. The molecule has 5 aromatic rings. The predicted molar refractivity (Wildman–Crippen MR) is 118 cm³/mol. The largest absolute Gasteiger partial charge is 0.487 e. The van der Waals surface area contributed by atoms with Crippen LogP contribution in [-0.2, 0) is 17.8 Å². The van der Waals surface area contributed by atoms with Crippen molar-refractivity contribution in [1.29, 1.82) is 0 Å². The highest BCUT2D eigenvalue weighted by atomic mass is 16.5. The van der Waals surface area contributed by atoms with Crippen molar-refractivity contribution in [3.63, 3.8) is 0 Å². The molecule has 4 aromatic heterocycles. The molecule has 7 nitrogen and oxygen atoms in total. The van der Waals surface area contributed by atoms with E-state index in [0.29, 0.717) is 18.0 Å². The number of fused-ring (bicyclic) bond motifs is 2. The van der Waals surface area contributed by atoms with Crippen molar-refractivity contribution in [2.24, 2.45) is 0 Å². The minimum atomic E-state index is -0.112. The summed E-state index contributed by atoms with van der Waals surface area (Å²) in [5.74, 6) is 0.602. The quantitative estimate of drug-likeness (QED) is 0.458. The first kappa shape index (κ1) is 18.9. The Balaban J connectivity index is 1.18. The van der Waals surface area contributed by atoms with Crippen LogP contribution in [0.5, 0.6) is 5.75 Å². The van der Waals surface area contributed by atoms with Gasteiger partial charge in [-0.2, -0.15) is 0 Å². The number of pyridine rings is 2. The van der Waals surface area contributed by atoms with Gasteiger partial charge in [0.2, 0.25) is 5.91 Å². The van der Waals surface area contributed by atoms with Crippen LogP contribution >= 0.6 is 0 Å². The van der Waals surface area contributed by atoms with Crippen molar-refractivity contribution < 1.29 is 9.53 Å². The first-order valence-electron chi connectivity index (χ1n) is 10.0. The number of carbonyl (C=O) groups excluding carboxylic acids is 1. The second kappa shape index (κ2) is 7.95. The van der Waals surface area contributed by atoms with Gasteiger partial charge in [0, 0.05) is 30.5 Å². The molecular formula is C24H21N5O2. The molecule has 1 N–H and O–H groups in total. The normalized spacial score (nSPS) is 11.1. The third-order valence-corrected chi connectivity index (χ3v) is 5.01. The fraction of sp³-hybridized carbons (Fsp3) is 0.125. The van der Waals surface area contributed by atoms with Gasteiger partial charge in [-0.05, 0) is 55.0 Å². The van der Waals surface area contributed by atoms with Crippen LogP contribution in [0.4, 0.5) is 5.69 Å². The van der Waals surface area contributed by atoms with Crippen molar-refractivity contribution in [2.45, 2.75) is 20.0 Å². The Morgan fingerprint density at radius 1 is 0.935 bits per heavy atom. The van der Waals surface area contributed by atoms with Crippen LogP contribution in [-0.4, -0.2) is 24.7 Å². The SMILES string of the molecule is Cc1cccn2cc(CC(=O)Nc3ccc(OCc4cn5ccccc5n4)cc3)nc12. The number of amides is 1. The molecule has 7 heteroatoms. The van der Waals surface area contributed by atoms with Gasteiger partial charge in [-0.1, -0.05) is 12.1 Å². The fourth-order valence-corrected chi connectivity index (χ4v) is 3.51. The summed E-state index contributed by atoms with van der Waals surface area (Å²) in [5, 5.41) is 2.91. The number of hydrogen-bond donors (Lipinski definition) is 1. The zero-order valence-electron chi connectivity index (χ0n) is 17.0. The van der Waals surface area contributed by atoms with Gasteiger partial charge in [0.1, 0.15) is 23.7 Å². The number of anilines is 1. The maximum Gasteiger partial charge on any atom is 0.230 e. The van der Waals surface area contributed by atoms with Crippen LogP contribution in [0.1, 0.15) is 17.0 Å². The lowest BCUT2D eigenvalue weighted by Crippen LogP contribution is -2.14. The van der Waals surface area contributed by atoms with Crippen LogP contribution in [0.3, 0.4) is 0 Å². The summed E-state index contributed by atoms with van der Waals surface area (Å²) in [4.78, 5) is 21.5. The lowest BCUT2D eigenvalue weighted by atomic mass is 10.2. The van der Waals surface area contributed by atoms with Crippen LogP contribution in [0.15, 0.2) is 79.4 Å². The Hall–Kier alpha value is -4.13. The molecule has 0 bridgehead atoms. The topological polar surface area (TPSA) is 72.9 Å². The molecule has 154 valence electrons. The highest BCUT2D eigenvalue weighted by Crippen LogP contribution is 2.18. The molecular weight excluding hydrogens is 390 g/mol. The van der Waals surface area contributed by atoms with Crippen molar-refractivity contribution >= 4 is 22.9 Å². The van der Waals surface area contributed by atoms with E-state index in [2.05, 4.69) is 15.3 Å². The summed E-state index contributed by atoms with van der Waals surface area (Å²) in [6, 6.07) is 17.2. The van der Waals surface area contributed by atoms with Gasteiger partial charge >= 0.3 is 0 Å². The molecule has 4 heterocycles. The maximum atomic E-state index is 12.4. The van der Waals surface area contributed by atoms with Gasteiger partial charge in [0.05, 0.1) is 17.8 Å². The summed E-state index contributed by atoms with van der Waals surface area (Å²) < 4.78 is 9.72. The Bertz CT molecular complexity index is 1340. The predicted octanol–water partition coefficient (Wildman–Crippen LogP) is 4.05. The molecule has 1 aromatic carbocycles. The Morgan fingerprint density at radius 2 is 1.74 bits per heavy atom. The number of imidazole rings is 2. The molecule has 31 heavy (non-hydrogen) atoms. The molecule has 0 spiro atoms. The molecule has 0 aliphatic rings. The average Bonchev–Trinajstić information content (AvgIpc) is 3.37.